The third kappa shape index (κ3) is 4.61. The molecule has 100 valence electrons. The highest BCUT2D eigenvalue weighted by molar-refractivity contribution is 7.88. The van der Waals surface area contributed by atoms with Crippen molar-refractivity contribution >= 4 is 15.9 Å². The largest absolute Gasteiger partial charge is 0.372 e. The Bertz CT molecular complexity index is 347. The predicted molar refractivity (Wildman–Crippen MR) is 64.1 cm³/mol. The van der Waals surface area contributed by atoms with Gasteiger partial charge in [-0.15, -0.1) is 0 Å². The first-order valence-electron chi connectivity index (χ1n) is 5.75. The molecule has 1 aliphatic rings. The zero-order valence-corrected chi connectivity index (χ0v) is 11.2. The van der Waals surface area contributed by atoms with Crippen molar-refractivity contribution in [3.05, 3.63) is 0 Å². The van der Waals surface area contributed by atoms with E-state index in [-0.39, 0.29) is 12.5 Å². The van der Waals surface area contributed by atoms with E-state index in [1.54, 1.807) is 4.90 Å². The van der Waals surface area contributed by atoms with Crippen LogP contribution in [-0.4, -0.2) is 69.2 Å². The Balaban J connectivity index is 2.34. The van der Waals surface area contributed by atoms with Crippen LogP contribution in [0, 0.1) is 0 Å². The summed E-state index contributed by atoms with van der Waals surface area (Å²) in [6.07, 6.45) is 2.07. The van der Waals surface area contributed by atoms with E-state index in [9.17, 15) is 13.2 Å². The first kappa shape index (κ1) is 14.4. The molecule has 0 N–H and O–H groups in total. The molecule has 17 heavy (non-hydrogen) atoms. The summed E-state index contributed by atoms with van der Waals surface area (Å²) in [4.78, 5) is 13.3. The van der Waals surface area contributed by atoms with Crippen molar-refractivity contribution in [1.29, 1.82) is 0 Å². The summed E-state index contributed by atoms with van der Waals surface area (Å²) < 4.78 is 29.1. The van der Waals surface area contributed by atoms with Crippen molar-refractivity contribution < 1.29 is 17.9 Å². The Morgan fingerprint density at radius 2 is 1.82 bits per heavy atom. The van der Waals surface area contributed by atoms with Gasteiger partial charge in [0.05, 0.1) is 6.26 Å². The molecule has 1 amide bonds. The van der Waals surface area contributed by atoms with Gasteiger partial charge in [-0.2, -0.15) is 4.31 Å². The van der Waals surface area contributed by atoms with Crippen LogP contribution in [0.2, 0.25) is 0 Å². The Hall–Kier alpha value is -0.660. The van der Waals surface area contributed by atoms with Gasteiger partial charge in [0.15, 0.2) is 0 Å². The molecule has 6 nitrogen and oxygen atoms in total. The molecule has 0 unspecified atom stereocenters. The van der Waals surface area contributed by atoms with Crippen LogP contribution < -0.4 is 0 Å². The van der Waals surface area contributed by atoms with Crippen LogP contribution in [0.15, 0.2) is 0 Å². The molecule has 1 heterocycles. The summed E-state index contributed by atoms with van der Waals surface area (Å²) in [5, 5.41) is 0. The number of sulfonamides is 1. The highest BCUT2D eigenvalue weighted by atomic mass is 32.2. The number of hydrogen-bond acceptors (Lipinski definition) is 4. The first-order chi connectivity index (χ1) is 7.95. The van der Waals surface area contributed by atoms with E-state index in [4.69, 9.17) is 4.74 Å². The third-order valence-electron chi connectivity index (χ3n) is 2.63. The first-order valence-corrected chi connectivity index (χ1v) is 7.60. The topological polar surface area (TPSA) is 66.9 Å². The maximum absolute atomic E-state index is 11.7. The van der Waals surface area contributed by atoms with E-state index in [2.05, 4.69) is 0 Å². The zero-order valence-electron chi connectivity index (χ0n) is 10.4. The maximum atomic E-state index is 11.7. The number of piperazine rings is 1. The molecule has 1 saturated heterocycles. The lowest BCUT2D eigenvalue weighted by Gasteiger charge is -2.33. The molecule has 1 aliphatic heterocycles. The van der Waals surface area contributed by atoms with Gasteiger partial charge < -0.3 is 9.64 Å². The maximum Gasteiger partial charge on any atom is 0.248 e. The molecule has 1 fully saturated rings. The minimum Gasteiger partial charge on any atom is -0.372 e. The quantitative estimate of drug-likeness (QED) is 0.629. The van der Waals surface area contributed by atoms with Crippen molar-refractivity contribution in [2.24, 2.45) is 0 Å². The normalized spacial score (nSPS) is 18.4. The van der Waals surface area contributed by atoms with E-state index < -0.39 is 10.0 Å². The van der Waals surface area contributed by atoms with Gasteiger partial charge in [-0.25, -0.2) is 8.42 Å². The summed E-state index contributed by atoms with van der Waals surface area (Å²) >= 11 is 0. The van der Waals surface area contributed by atoms with Crippen molar-refractivity contribution in [2.75, 3.05) is 45.6 Å². The van der Waals surface area contributed by atoms with Crippen LogP contribution in [0.4, 0.5) is 0 Å². The van der Waals surface area contributed by atoms with Crippen molar-refractivity contribution in [3.63, 3.8) is 0 Å². The second-order valence-electron chi connectivity index (χ2n) is 4.10. The van der Waals surface area contributed by atoms with Crippen LogP contribution in [0.5, 0.6) is 0 Å². The number of hydrogen-bond donors (Lipinski definition) is 0. The Labute approximate surface area is 103 Å². The van der Waals surface area contributed by atoms with Crippen LogP contribution in [-0.2, 0) is 19.6 Å². The van der Waals surface area contributed by atoms with Gasteiger partial charge in [-0.1, -0.05) is 6.92 Å². The molecule has 7 heteroatoms. The van der Waals surface area contributed by atoms with E-state index in [0.717, 1.165) is 6.42 Å². The molecule has 0 bridgehead atoms. The van der Waals surface area contributed by atoms with Gasteiger partial charge in [0.25, 0.3) is 0 Å². The molecule has 1 rings (SSSR count). The highest BCUT2D eigenvalue weighted by Crippen LogP contribution is 2.06. The second kappa shape index (κ2) is 6.32. The number of nitrogens with zero attached hydrogens (tertiary/aromatic N) is 2. The fraction of sp³-hybridized carbons (Fsp3) is 0.900. The van der Waals surface area contributed by atoms with Crippen molar-refractivity contribution in [1.82, 2.24) is 9.21 Å². The number of carbonyl (C=O) groups excluding carboxylic acids is 1. The number of carbonyl (C=O) groups is 1. The van der Waals surface area contributed by atoms with Crippen LogP contribution >= 0.6 is 0 Å². The lowest BCUT2D eigenvalue weighted by atomic mass is 10.3. The summed E-state index contributed by atoms with van der Waals surface area (Å²) in [6, 6.07) is 0. The van der Waals surface area contributed by atoms with E-state index in [1.165, 1.54) is 10.6 Å². The van der Waals surface area contributed by atoms with Crippen LogP contribution in [0.25, 0.3) is 0 Å². The molecule has 0 atom stereocenters. The monoisotopic (exact) mass is 264 g/mol. The van der Waals surface area contributed by atoms with Gasteiger partial charge in [-0.3, -0.25) is 4.79 Å². The number of amides is 1. The molecular weight excluding hydrogens is 244 g/mol. The Morgan fingerprint density at radius 1 is 1.24 bits per heavy atom. The average molecular weight is 264 g/mol. The average Bonchev–Trinajstić information content (AvgIpc) is 2.28. The summed E-state index contributed by atoms with van der Waals surface area (Å²) in [5.41, 5.74) is 0. The van der Waals surface area contributed by atoms with Gasteiger partial charge >= 0.3 is 0 Å². The highest BCUT2D eigenvalue weighted by Gasteiger charge is 2.25. The van der Waals surface area contributed by atoms with Gasteiger partial charge in [0.2, 0.25) is 15.9 Å². The summed E-state index contributed by atoms with van der Waals surface area (Å²) in [5.74, 6) is -0.0633. The van der Waals surface area contributed by atoms with Gasteiger partial charge in [0, 0.05) is 32.8 Å². The standard InChI is InChI=1S/C10H20N2O4S/c1-3-8-16-9-10(13)11-4-6-12(7-5-11)17(2,14)15/h3-9H2,1-2H3. The molecule has 0 spiro atoms. The lowest BCUT2D eigenvalue weighted by Crippen LogP contribution is -2.51. The fourth-order valence-corrected chi connectivity index (χ4v) is 2.49. The fourth-order valence-electron chi connectivity index (χ4n) is 1.66. The molecule has 0 aliphatic carbocycles. The summed E-state index contributed by atoms with van der Waals surface area (Å²) in [7, 11) is -3.13. The van der Waals surface area contributed by atoms with E-state index in [1.807, 2.05) is 6.92 Å². The smallest absolute Gasteiger partial charge is 0.248 e. The number of rotatable bonds is 5. The zero-order chi connectivity index (χ0) is 12.9. The van der Waals surface area contributed by atoms with Crippen molar-refractivity contribution in [2.45, 2.75) is 13.3 Å². The minimum atomic E-state index is -3.13. The molecular formula is C10H20N2O4S. The van der Waals surface area contributed by atoms with Gasteiger partial charge in [0.1, 0.15) is 6.61 Å². The minimum absolute atomic E-state index is 0.0633. The predicted octanol–water partition coefficient (Wildman–Crippen LogP) is -0.483. The van der Waals surface area contributed by atoms with E-state index >= 15 is 0 Å². The van der Waals surface area contributed by atoms with Crippen LogP contribution in [0.3, 0.4) is 0 Å². The van der Waals surface area contributed by atoms with Crippen LogP contribution in [0.1, 0.15) is 13.3 Å². The third-order valence-corrected chi connectivity index (χ3v) is 3.94. The Morgan fingerprint density at radius 3 is 2.29 bits per heavy atom. The molecule has 0 radical (unpaired) electrons. The Kier molecular flexibility index (Phi) is 5.35. The van der Waals surface area contributed by atoms with Crippen molar-refractivity contribution in [3.8, 4) is 0 Å². The number of ether oxygens (including phenoxy) is 1. The SMILES string of the molecule is CCCOCC(=O)N1CCN(S(C)(=O)=O)CC1. The molecule has 0 aromatic heterocycles. The molecule has 0 aromatic rings. The second-order valence-corrected chi connectivity index (χ2v) is 6.08. The lowest BCUT2D eigenvalue weighted by molar-refractivity contribution is -0.137. The van der Waals surface area contributed by atoms with Gasteiger partial charge in [-0.05, 0) is 6.42 Å². The molecule has 0 saturated carbocycles. The van der Waals surface area contributed by atoms with E-state index in [0.29, 0.717) is 32.8 Å². The summed E-state index contributed by atoms with van der Waals surface area (Å²) in [6.45, 7) is 4.29. The molecule has 0 aromatic carbocycles.